The molecule has 0 saturated carbocycles. The second kappa shape index (κ2) is 4.70. The Kier molecular flexibility index (Phi) is 3.83. The van der Waals surface area contributed by atoms with E-state index in [9.17, 15) is 0 Å². The van der Waals surface area contributed by atoms with Crippen LogP contribution in [0.2, 0.25) is 0 Å². The normalized spacial score (nSPS) is 27.3. The lowest BCUT2D eigenvalue weighted by Crippen LogP contribution is -2.46. The predicted octanol–water partition coefficient (Wildman–Crippen LogP) is -0.0587. The van der Waals surface area contributed by atoms with Gasteiger partial charge in [-0.3, -0.25) is 4.90 Å². The third-order valence-corrected chi connectivity index (χ3v) is 1.99. The summed E-state index contributed by atoms with van der Waals surface area (Å²) in [5.74, 6) is 0. The number of ether oxygens (including phenoxy) is 1. The van der Waals surface area contributed by atoms with Gasteiger partial charge in [0.05, 0.1) is 6.61 Å². The van der Waals surface area contributed by atoms with Crippen molar-refractivity contribution < 1.29 is 4.74 Å². The molecule has 1 atom stereocenters. The molecule has 3 nitrogen and oxygen atoms in total. The van der Waals surface area contributed by atoms with Gasteiger partial charge in [-0.2, -0.15) is 0 Å². The Labute approximate surface area is 68.7 Å². The van der Waals surface area contributed by atoms with Crippen LogP contribution in [-0.2, 0) is 4.74 Å². The molecule has 1 aliphatic heterocycles. The lowest BCUT2D eigenvalue weighted by Gasteiger charge is -2.30. The van der Waals surface area contributed by atoms with Crippen LogP contribution in [0.25, 0.3) is 0 Å². The first-order chi connectivity index (χ1) is 5.33. The van der Waals surface area contributed by atoms with Gasteiger partial charge in [0.25, 0.3) is 0 Å². The average Bonchev–Trinajstić information content (AvgIpc) is 2.01. The highest BCUT2D eigenvalue weighted by atomic mass is 16.5. The highest BCUT2D eigenvalue weighted by molar-refractivity contribution is 4.73. The topological polar surface area (TPSA) is 26.6 Å². The van der Waals surface area contributed by atoms with Gasteiger partial charge in [0.2, 0.25) is 0 Å². The Bertz CT molecular complexity index is 108. The lowest BCUT2D eigenvalue weighted by atomic mass is 10.2. The zero-order valence-corrected chi connectivity index (χ0v) is 7.42. The lowest BCUT2D eigenvalue weighted by molar-refractivity contribution is 0.127. The van der Waals surface area contributed by atoms with Crippen LogP contribution in [0.5, 0.6) is 0 Å². The van der Waals surface area contributed by atoms with E-state index in [0.717, 1.165) is 32.8 Å². The van der Waals surface area contributed by atoms with Crippen molar-refractivity contribution in [2.24, 2.45) is 0 Å². The quantitative estimate of drug-likeness (QED) is 0.574. The van der Waals surface area contributed by atoms with Gasteiger partial charge in [-0.1, -0.05) is 0 Å². The van der Waals surface area contributed by atoms with E-state index in [-0.39, 0.29) is 0 Å². The third kappa shape index (κ3) is 3.18. The highest BCUT2D eigenvalue weighted by Gasteiger charge is 2.15. The van der Waals surface area contributed by atoms with Crippen molar-refractivity contribution >= 4 is 0 Å². The maximum atomic E-state index is 5.01. The molecule has 0 N–H and O–H groups in total. The van der Waals surface area contributed by atoms with Crippen molar-refractivity contribution in [3.63, 3.8) is 0 Å². The second-order valence-electron chi connectivity index (χ2n) is 3.05. The van der Waals surface area contributed by atoms with Crippen LogP contribution in [0.15, 0.2) is 0 Å². The molecular formula is C8H17N2O. The Morgan fingerprint density at radius 1 is 1.64 bits per heavy atom. The van der Waals surface area contributed by atoms with Gasteiger partial charge >= 0.3 is 0 Å². The van der Waals surface area contributed by atoms with Gasteiger partial charge in [0.15, 0.2) is 0 Å². The Balaban J connectivity index is 2.12. The molecule has 1 rings (SSSR count). The van der Waals surface area contributed by atoms with Crippen LogP contribution in [0.3, 0.4) is 0 Å². The fraction of sp³-hybridized carbons (Fsp3) is 1.00. The van der Waals surface area contributed by atoms with Gasteiger partial charge in [-0.15, -0.1) is 0 Å². The smallest absolute Gasteiger partial charge is 0.0589 e. The molecule has 0 aromatic heterocycles. The van der Waals surface area contributed by atoms with E-state index >= 15 is 0 Å². The fourth-order valence-corrected chi connectivity index (χ4v) is 1.37. The molecule has 1 aliphatic rings. The summed E-state index contributed by atoms with van der Waals surface area (Å²) >= 11 is 0. The Morgan fingerprint density at radius 3 is 3.09 bits per heavy atom. The molecule has 1 fully saturated rings. The van der Waals surface area contributed by atoms with Crippen LogP contribution in [0, 0.1) is 0 Å². The molecule has 1 heterocycles. The summed E-state index contributed by atoms with van der Waals surface area (Å²) in [5.41, 5.74) is 0. The van der Waals surface area contributed by atoms with Crippen molar-refractivity contribution in [3.8, 4) is 0 Å². The monoisotopic (exact) mass is 157 g/mol. The van der Waals surface area contributed by atoms with Crippen molar-refractivity contribution in [2.45, 2.75) is 13.0 Å². The van der Waals surface area contributed by atoms with Crippen molar-refractivity contribution in [1.29, 1.82) is 0 Å². The third-order valence-electron chi connectivity index (χ3n) is 1.99. The standard InChI is InChI=1S/C8H17N2O/c1-8-7-10(4-3-9-8)5-6-11-2/h8H,3-7H2,1-2H3. The van der Waals surface area contributed by atoms with Gasteiger partial charge < -0.3 is 4.74 Å². The highest BCUT2D eigenvalue weighted by Crippen LogP contribution is 1.98. The molecule has 1 unspecified atom stereocenters. The Hall–Kier alpha value is -0.120. The summed E-state index contributed by atoms with van der Waals surface area (Å²) in [4.78, 5) is 2.40. The zero-order valence-electron chi connectivity index (χ0n) is 7.42. The minimum absolute atomic E-state index is 0.514. The van der Waals surface area contributed by atoms with Crippen LogP contribution in [0.1, 0.15) is 6.92 Å². The van der Waals surface area contributed by atoms with Gasteiger partial charge in [-0.25, -0.2) is 5.32 Å². The summed E-state index contributed by atoms with van der Waals surface area (Å²) in [5, 5.41) is 4.41. The first kappa shape index (κ1) is 8.97. The number of hydrogen-bond acceptors (Lipinski definition) is 2. The van der Waals surface area contributed by atoms with Crippen LogP contribution < -0.4 is 5.32 Å². The number of hydrogen-bond donors (Lipinski definition) is 0. The van der Waals surface area contributed by atoms with E-state index < -0.39 is 0 Å². The minimum atomic E-state index is 0.514. The van der Waals surface area contributed by atoms with Crippen molar-refractivity contribution in [1.82, 2.24) is 10.2 Å². The van der Waals surface area contributed by atoms with Gasteiger partial charge in [0.1, 0.15) is 0 Å². The molecule has 0 bridgehead atoms. The largest absolute Gasteiger partial charge is 0.383 e. The summed E-state index contributed by atoms with van der Waals surface area (Å²) in [6.45, 7) is 7.25. The van der Waals surface area contributed by atoms with Crippen LogP contribution >= 0.6 is 0 Å². The first-order valence-corrected chi connectivity index (χ1v) is 4.21. The molecular weight excluding hydrogens is 140 g/mol. The van der Waals surface area contributed by atoms with Gasteiger partial charge in [-0.05, 0) is 6.92 Å². The summed E-state index contributed by atoms with van der Waals surface area (Å²) in [6, 6.07) is 0.514. The first-order valence-electron chi connectivity index (χ1n) is 4.21. The molecule has 3 heteroatoms. The summed E-state index contributed by atoms with van der Waals surface area (Å²) in [6.07, 6.45) is 0. The fourth-order valence-electron chi connectivity index (χ4n) is 1.37. The molecule has 0 aromatic rings. The number of rotatable bonds is 3. The van der Waals surface area contributed by atoms with E-state index in [1.165, 1.54) is 0 Å². The number of nitrogens with zero attached hydrogens (tertiary/aromatic N) is 2. The maximum absolute atomic E-state index is 5.01. The van der Waals surface area contributed by atoms with Crippen molar-refractivity contribution in [2.75, 3.05) is 39.9 Å². The van der Waals surface area contributed by atoms with E-state index in [1.54, 1.807) is 7.11 Å². The average molecular weight is 157 g/mol. The summed E-state index contributed by atoms with van der Waals surface area (Å²) in [7, 11) is 1.75. The molecule has 11 heavy (non-hydrogen) atoms. The van der Waals surface area contributed by atoms with E-state index in [1.807, 2.05) is 0 Å². The van der Waals surface area contributed by atoms with E-state index in [0.29, 0.717) is 6.04 Å². The van der Waals surface area contributed by atoms with Gasteiger partial charge in [0, 0.05) is 39.3 Å². The predicted molar refractivity (Wildman–Crippen MR) is 44.8 cm³/mol. The van der Waals surface area contributed by atoms with E-state index in [4.69, 9.17) is 4.74 Å². The zero-order chi connectivity index (χ0) is 8.10. The Morgan fingerprint density at radius 2 is 2.45 bits per heavy atom. The SMILES string of the molecule is COCCN1CC[N]C(C)C1. The maximum Gasteiger partial charge on any atom is 0.0589 e. The summed E-state index contributed by atoms with van der Waals surface area (Å²) < 4.78 is 5.01. The van der Waals surface area contributed by atoms with Crippen molar-refractivity contribution in [3.05, 3.63) is 0 Å². The molecule has 1 radical (unpaired) electrons. The molecule has 0 spiro atoms. The van der Waals surface area contributed by atoms with Crippen LogP contribution in [0.4, 0.5) is 0 Å². The second-order valence-corrected chi connectivity index (χ2v) is 3.05. The molecule has 65 valence electrons. The molecule has 0 aromatic carbocycles. The number of piperazine rings is 1. The minimum Gasteiger partial charge on any atom is -0.383 e. The molecule has 0 amide bonds. The van der Waals surface area contributed by atoms with Crippen LogP contribution in [-0.4, -0.2) is 50.8 Å². The van der Waals surface area contributed by atoms with E-state index in [2.05, 4.69) is 17.1 Å². The molecule has 1 saturated heterocycles. The molecule has 0 aliphatic carbocycles. The number of methoxy groups -OCH3 is 1.